The summed E-state index contributed by atoms with van der Waals surface area (Å²) in [6, 6.07) is 4.87. The average molecular weight is 371 g/mol. The zero-order valence-electron chi connectivity index (χ0n) is 13.3. The van der Waals surface area contributed by atoms with Crippen molar-refractivity contribution in [2.24, 2.45) is 0 Å². The van der Waals surface area contributed by atoms with E-state index in [0.717, 1.165) is 19.3 Å². The van der Waals surface area contributed by atoms with Crippen molar-refractivity contribution < 1.29 is 14.3 Å². The molecule has 1 unspecified atom stereocenters. The smallest absolute Gasteiger partial charge is 0.255 e. The Morgan fingerprint density at radius 3 is 2.54 bits per heavy atom. The summed E-state index contributed by atoms with van der Waals surface area (Å²) in [5.74, 6) is -0.100. The quantitative estimate of drug-likeness (QED) is 0.803. The number of benzene rings is 1. The number of hydrogen-bond donors (Lipinski definition) is 0. The van der Waals surface area contributed by atoms with Crippen LogP contribution in [0.4, 0.5) is 0 Å². The zero-order valence-corrected chi connectivity index (χ0v) is 14.9. The summed E-state index contributed by atoms with van der Waals surface area (Å²) in [5.41, 5.74) is 0.406. The second-order valence-corrected chi connectivity index (χ2v) is 6.94. The Balaban J connectivity index is 1.65. The molecule has 2 aliphatic rings. The molecule has 2 aliphatic heterocycles. The molecule has 1 aromatic rings. The van der Waals surface area contributed by atoms with Crippen LogP contribution in [0.5, 0.6) is 0 Å². The predicted octanol–water partition coefficient (Wildman–Crippen LogP) is 2.85. The molecular formula is C17H20Cl2N2O3. The maximum absolute atomic E-state index is 12.7. The fourth-order valence-corrected chi connectivity index (χ4v) is 3.52. The monoisotopic (exact) mass is 370 g/mol. The summed E-state index contributed by atoms with van der Waals surface area (Å²) in [7, 11) is 0. The van der Waals surface area contributed by atoms with Crippen LogP contribution in [0.25, 0.3) is 0 Å². The molecule has 24 heavy (non-hydrogen) atoms. The van der Waals surface area contributed by atoms with Gasteiger partial charge in [0.2, 0.25) is 0 Å². The molecule has 2 fully saturated rings. The van der Waals surface area contributed by atoms with E-state index in [2.05, 4.69) is 0 Å². The standard InChI is InChI=1S/C17H20Cl2N2O3/c18-12-4-5-14(19)13(11-12)16(22)20-6-2-7-21(9-8-20)17(23)15-3-1-10-24-15/h4-5,11,15H,1-3,6-10H2. The highest BCUT2D eigenvalue weighted by Gasteiger charge is 2.30. The number of nitrogens with zero attached hydrogens (tertiary/aromatic N) is 2. The number of rotatable bonds is 2. The molecular weight excluding hydrogens is 351 g/mol. The van der Waals surface area contributed by atoms with Gasteiger partial charge in [-0.05, 0) is 37.5 Å². The van der Waals surface area contributed by atoms with Gasteiger partial charge in [0.1, 0.15) is 6.10 Å². The van der Waals surface area contributed by atoms with Crippen molar-refractivity contribution in [1.29, 1.82) is 0 Å². The molecule has 0 radical (unpaired) electrons. The van der Waals surface area contributed by atoms with Crippen molar-refractivity contribution in [3.63, 3.8) is 0 Å². The van der Waals surface area contributed by atoms with E-state index in [1.54, 1.807) is 23.1 Å². The van der Waals surface area contributed by atoms with E-state index in [0.29, 0.717) is 48.4 Å². The van der Waals surface area contributed by atoms with Crippen LogP contribution in [0.1, 0.15) is 29.6 Å². The summed E-state index contributed by atoms with van der Waals surface area (Å²) in [6.07, 6.45) is 2.15. The second-order valence-electron chi connectivity index (χ2n) is 6.10. The zero-order chi connectivity index (χ0) is 17.1. The summed E-state index contributed by atoms with van der Waals surface area (Å²) in [5, 5.41) is 0.869. The molecule has 0 N–H and O–H groups in total. The van der Waals surface area contributed by atoms with E-state index in [9.17, 15) is 9.59 Å². The third-order valence-corrected chi connectivity index (χ3v) is 5.02. The lowest BCUT2D eigenvalue weighted by Gasteiger charge is -2.24. The van der Waals surface area contributed by atoms with E-state index in [-0.39, 0.29) is 17.9 Å². The molecule has 0 aliphatic carbocycles. The number of halogens is 2. The van der Waals surface area contributed by atoms with Crippen molar-refractivity contribution in [2.45, 2.75) is 25.4 Å². The minimum absolute atomic E-state index is 0.0441. The molecule has 2 heterocycles. The van der Waals surface area contributed by atoms with Crippen LogP contribution < -0.4 is 0 Å². The first-order valence-corrected chi connectivity index (χ1v) is 8.96. The summed E-state index contributed by atoms with van der Waals surface area (Å²) in [4.78, 5) is 28.7. The first-order chi connectivity index (χ1) is 11.6. The lowest BCUT2D eigenvalue weighted by molar-refractivity contribution is -0.140. The van der Waals surface area contributed by atoms with E-state index in [4.69, 9.17) is 27.9 Å². The summed E-state index contributed by atoms with van der Waals surface area (Å²) < 4.78 is 5.48. The van der Waals surface area contributed by atoms with Gasteiger partial charge in [0.25, 0.3) is 11.8 Å². The highest BCUT2D eigenvalue weighted by molar-refractivity contribution is 6.35. The Hall–Kier alpha value is -1.30. The van der Waals surface area contributed by atoms with Gasteiger partial charge in [0.05, 0.1) is 10.6 Å². The molecule has 3 rings (SSSR count). The van der Waals surface area contributed by atoms with Gasteiger partial charge in [-0.3, -0.25) is 9.59 Å². The number of carbonyl (C=O) groups excluding carboxylic acids is 2. The van der Waals surface area contributed by atoms with Crippen LogP contribution in [0.2, 0.25) is 10.0 Å². The number of ether oxygens (including phenoxy) is 1. The van der Waals surface area contributed by atoms with Gasteiger partial charge in [0, 0.05) is 37.8 Å². The first kappa shape index (κ1) is 17.5. The Labute approximate surface area is 151 Å². The molecule has 2 amide bonds. The minimum Gasteiger partial charge on any atom is -0.368 e. The third kappa shape index (κ3) is 3.85. The van der Waals surface area contributed by atoms with E-state index in [1.807, 2.05) is 4.90 Å². The van der Waals surface area contributed by atoms with Crippen molar-refractivity contribution in [1.82, 2.24) is 9.80 Å². The van der Waals surface area contributed by atoms with Gasteiger partial charge in [-0.25, -0.2) is 0 Å². The molecule has 7 heteroatoms. The van der Waals surface area contributed by atoms with Gasteiger partial charge in [0.15, 0.2) is 0 Å². The number of hydrogen-bond acceptors (Lipinski definition) is 3. The maximum atomic E-state index is 12.7. The first-order valence-electron chi connectivity index (χ1n) is 8.21. The van der Waals surface area contributed by atoms with Crippen molar-refractivity contribution in [3.05, 3.63) is 33.8 Å². The predicted molar refractivity (Wildman–Crippen MR) is 92.5 cm³/mol. The molecule has 2 saturated heterocycles. The molecule has 0 aromatic heterocycles. The van der Waals surface area contributed by atoms with Gasteiger partial charge < -0.3 is 14.5 Å². The maximum Gasteiger partial charge on any atom is 0.255 e. The van der Waals surface area contributed by atoms with Crippen LogP contribution >= 0.6 is 23.2 Å². The Bertz CT molecular complexity index is 632. The highest BCUT2D eigenvalue weighted by Crippen LogP contribution is 2.23. The van der Waals surface area contributed by atoms with Crippen molar-refractivity contribution in [3.8, 4) is 0 Å². The third-order valence-electron chi connectivity index (χ3n) is 4.46. The van der Waals surface area contributed by atoms with Crippen molar-refractivity contribution >= 4 is 35.0 Å². The lowest BCUT2D eigenvalue weighted by Crippen LogP contribution is -2.41. The fraction of sp³-hybridized carbons (Fsp3) is 0.529. The average Bonchev–Trinajstić information content (AvgIpc) is 3.00. The Morgan fingerprint density at radius 2 is 1.79 bits per heavy atom. The van der Waals surface area contributed by atoms with Crippen molar-refractivity contribution in [2.75, 3.05) is 32.8 Å². The van der Waals surface area contributed by atoms with Crippen LogP contribution in [0.15, 0.2) is 18.2 Å². The Kier molecular flexibility index (Phi) is 5.64. The number of amides is 2. The Morgan fingerprint density at radius 1 is 1.04 bits per heavy atom. The topological polar surface area (TPSA) is 49.9 Å². The highest BCUT2D eigenvalue weighted by atomic mass is 35.5. The van der Waals surface area contributed by atoms with Gasteiger partial charge in [-0.1, -0.05) is 23.2 Å². The molecule has 5 nitrogen and oxygen atoms in total. The minimum atomic E-state index is -0.311. The van der Waals surface area contributed by atoms with Crippen LogP contribution in [-0.2, 0) is 9.53 Å². The summed E-state index contributed by atoms with van der Waals surface area (Å²) >= 11 is 12.1. The molecule has 0 bridgehead atoms. The summed E-state index contributed by atoms with van der Waals surface area (Å²) in [6.45, 7) is 2.90. The largest absolute Gasteiger partial charge is 0.368 e. The fourth-order valence-electron chi connectivity index (χ4n) is 3.15. The van der Waals surface area contributed by atoms with Gasteiger partial charge in [-0.2, -0.15) is 0 Å². The van der Waals surface area contributed by atoms with Crippen LogP contribution in [-0.4, -0.2) is 60.5 Å². The molecule has 0 saturated carbocycles. The number of carbonyl (C=O) groups is 2. The molecule has 1 aromatic carbocycles. The molecule has 1 atom stereocenters. The van der Waals surface area contributed by atoms with Gasteiger partial charge in [-0.15, -0.1) is 0 Å². The normalized spacial score (nSPS) is 21.7. The van der Waals surface area contributed by atoms with Crippen LogP contribution in [0.3, 0.4) is 0 Å². The van der Waals surface area contributed by atoms with E-state index in [1.165, 1.54) is 0 Å². The van der Waals surface area contributed by atoms with Crippen LogP contribution in [0, 0.1) is 0 Å². The molecule has 130 valence electrons. The van der Waals surface area contributed by atoms with E-state index >= 15 is 0 Å². The lowest BCUT2D eigenvalue weighted by atomic mass is 10.2. The molecule has 0 spiro atoms. The van der Waals surface area contributed by atoms with E-state index < -0.39 is 0 Å². The van der Waals surface area contributed by atoms with Gasteiger partial charge >= 0.3 is 0 Å². The second kappa shape index (κ2) is 7.72. The SMILES string of the molecule is O=C(c1cc(Cl)ccc1Cl)N1CCCN(C(=O)C2CCCO2)CC1.